The SMILES string of the molecule is COc1n[nH]c(NC(=O)Nc2ccc(Cl)c(Cl)c2)n1. The number of rotatable bonds is 3. The number of nitrogens with zero attached hydrogens (tertiary/aromatic N) is 2. The van der Waals surface area contributed by atoms with Gasteiger partial charge in [0.25, 0.3) is 0 Å². The van der Waals surface area contributed by atoms with E-state index in [0.717, 1.165) is 0 Å². The third-order valence-electron chi connectivity index (χ3n) is 2.06. The Bertz CT molecular complexity index is 601. The van der Waals surface area contributed by atoms with Gasteiger partial charge in [0.2, 0.25) is 5.95 Å². The second kappa shape index (κ2) is 5.77. The molecule has 1 heterocycles. The van der Waals surface area contributed by atoms with E-state index in [1.54, 1.807) is 12.1 Å². The van der Waals surface area contributed by atoms with Gasteiger partial charge in [0.15, 0.2) is 0 Å². The molecular formula is C10H9Cl2N5O2. The van der Waals surface area contributed by atoms with Crippen molar-refractivity contribution in [1.82, 2.24) is 15.2 Å². The molecule has 0 saturated carbocycles. The minimum absolute atomic E-state index is 0.129. The molecule has 19 heavy (non-hydrogen) atoms. The van der Waals surface area contributed by atoms with Gasteiger partial charge in [-0.05, 0) is 18.2 Å². The van der Waals surface area contributed by atoms with Gasteiger partial charge < -0.3 is 10.1 Å². The maximum absolute atomic E-state index is 11.6. The number of H-pyrrole nitrogens is 1. The molecule has 1 aromatic heterocycles. The summed E-state index contributed by atoms with van der Waals surface area (Å²) in [6.45, 7) is 0. The Balaban J connectivity index is 1.98. The van der Waals surface area contributed by atoms with Crippen LogP contribution in [0.1, 0.15) is 0 Å². The van der Waals surface area contributed by atoms with E-state index in [2.05, 4.69) is 25.8 Å². The summed E-state index contributed by atoms with van der Waals surface area (Å²) in [7, 11) is 1.42. The zero-order chi connectivity index (χ0) is 13.8. The van der Waals surface area contributed by atoms with Crippen LogP contribution in [0.2, 0.25) is 10.0 Å². The lowest BCUT2D eigenvalue weighted by Crippen LogP contribution is -2.20. The van der Waals surface area contributed by atoms with Crippen molar-refractivity contribution in [2.75, 3.05) is 17.7 Å². The van der Waals surface area contributed by atoms with Gasteiger partial charge in [-0.2, -0.15) is 4.98 Å². The highest BCUT2D eigenvalue weighted by molar-refractivity contribution is 6.42. The molecular weight excluding hydrogens is 293 g/mol. The summed E-state index contributed by atoms with van der Waals surface area (Å²) in [5.74, 6) is 0.161. The van der Waals surface area contributed by atoms with Crippen LogP contribution in [0.4, 0.5) is 16.4 Å². The number of aromatic amines is 1. The standard InChI is InChI=1S/C10H9Cl2N5O2/c1-19-10-15-8(16-17-10)14-9(18)13-5-2-3-6(11)7(12)4-5/h2-4H,1H3,(H3,13,14,15,16,17,18). The van der Waals surface area contributed by atoms with Crippen LogP contribution < -0.4 is 15.4 Å². The fourth-order valence-electron chi connectivity index (χ4n) is 1.24. The second-order valence-corrected chi connectivity index (χ2v) is 4.19. The van der Waals surface area contributed by atoms with Crippen molar-refractivity contribution in [1.29, 1.82) is 0 Å². The van der Waals surface area contributed by atoms with Gasteiger partial charge in [0.1, 0.15) is 0 Å². The van der Waals surface area contributed by atoms with Crippen molar-refractivity contribution in [3.63, 3.8) is 0 Å². The van der Waals surface area contributed by atoms with Crippen LogP contribution >= 0.6 is 23.2 Å². The van der Waals surface area contributed by atoms with Gasteiger partial charge in [-0.15, -0.1) is 5.10 Å². The monoisotopic (exact) mass is 301 g/mol. The van der Waals surface area contributed by atoms with E-state index in [0.29, 0.717) is 15.7 Å². The molecule has 0 unspecified atom stereocenters. The average molecular weight is 302 g/mol. The first-order chi connectivity index (χ1) is 9.08. The Kier molecular flexibility index (Phi) is 4.08. The maximum Gasteiger partial charge on any atom is 0.336 e. The lowest BCUT2D eigenvalue weighted by Gasteiger charge is -2.06. The molecule has 2 rings (SSSR count). The average Bonchev–Trinajstić information content (AvgIpc) is 2.81. The first-order valence-corrected chi connectivity index (χ1v) is 5.83. The minimum atomic E-state index is -0.503. The smallest absolute Gasteiger partial charge is 0.336 e. The van der Waals surface area contributed by atoms with Crippen molar-refractivity contribution in [3.05, 3.63) is 28.2 Å². The Morgan fingerprint density at radius 3 is 2.74 bits per heavy atom. The van der Waals surface area contributed by atoms with Crippen LogP contribution in [0.3, 0.4) is 0 Å². The zero-order valence-electron chi connectivity index (χ0n) is 9.70. The highest BCUT2D eigenvalue weighted by Crippen LogP contribution is 2.25. The zero-order valence-corrected chi connectivity index (χ0v) is 11.2. The van der Waals surface area contributed by atoms with Gasteiger partial charge in [-0.3, -0.25) is 5.32 Å². The van der Waals surface area contributed by atoms with Crippen LogP contribution in [0.25, 0.3) is 0 Å². The molecule has 0 aliphatic rings. The van der Waals surface area contributed by atoms with Gasteiger partial charge >= 0.3 is 12.0 Å². The molecule has 0 fully saturated rings. The lowest BCUT2D eigenvalue weighted by atomic mass is 10.3. The number of nitrogens with one attached hydrogen (secondary N) is 3. The Morgan fingerprint density at radius 2 is 2.11 bits per heavy atom. The summed E-state index contributed by atoms with van der Waals surface area (Å²) in [6.07, 6.45) is 0. The van der Waals surface area contributed by atoms with Crippen molar-refractivity contribution in [2.45, 2.75) is 0 Å². The van der Waals surface area contributed by atoms with Crippen LogP contribution in [0.5, 0.6) is 6.01 Å². The summed E-state index contributed by atoms with van der Waals surface area (Å²) in [6, 6.07) is 4.36. The molecule has 100 valence electrons. The van der Waals surface area contributed by atoms with Gasteiger partial charge in [-0.1, -0.05) is 23.2 Å². The van der Waals surface area contributed by atoms with E-state index in [4.69, 9.17) is 27.9 Å². The number of carbonyl (C=O) groups excluding carboxylic acids is 1. The highest BCUT2D eigenvalue weighted by Gasteiger charge is 2.08. The summed E-state index contributed by atoms with van der Waals surface area (Å²) in [5.41, 5.74) is 0.499. The number of aromatic nitrogens is 3. The minimum Gasteiger partial charge on any atom is -0.466 e. The van der Waals surface area contributed by atoms with Crippen LogP contribution in [0.15, 0.2) is 18.2 Å². The predicted octanol–water partition coefficient (Wildman–Crippen LogP) is 2.76. The molecule has 2 amide bonds. The van der Waals surface area contributed by atoms with Gasteiger partial charge in [0, 0.05) is 5.69 Å². The molecule has 1 aromatic carbocycles. The molecule has 0 spiro atoms. The van der Waals surface area contributed by atoms with E-state index in [1.165, 1.54) is 13.2 Å². The first-order valence-electron chi connectivity index (χ1n) is 5.08. The van der Waals surface area contributed by atoms with Crippen molar-refractivity contribution in [3.8, 4) is 6.01 Å². The topological polar surface area (TPSA) is 91.9 Å². The Labute approximate surface area is 118 Å². The molecule has 3 N–H and O–H groups in total. The van der Waals surface area contributed by atoms with Crippen molar-refractivity contribution >= 4 is 40.9 Å². The first kappa shape index (κ1) is 13.4. The fourth-order valence-corrected chi connectivity index (χ4v) is 1.54. The molecule has 0 atom stereocenters. The summed E-state index contributed by atoms with van der Waals surface area (Å²) >= 11 is 11.6. The largest absolute Gasteiger partial charge is 0.466 e. The highest BCUT2D eigenvalue weighted by atomic mass is 35.5. The molecule has 0 bridgehead atoms. The number of hydrogen-bond donors (Lipinski definition) is 3. The van der Waals surface area contributed by atoms with Crippen molar-refractivity contribution in [2.24, 2.45) is 0 Å². The quantitative estimate of drug-likeness (QED) is 0.813. The molecule has 2 aromatic rings. The van der Waals surface area contributed by atoms with Gasteiger partial charge in [-0.25, -0.2) is 9.89 Å². The molecule has 0 saturated heterocycles. The normalized spacial score (nSPS) is 10.1. The number of benzene rings is 1. The Hall–Kier alpha value is -1.99. The van der Waals surface area contributed by atoms with Gasteiger partial charge in [0.05, 0.1) is 17.2 Å². The van der Waals surface area contributed by atoms with Crippen molar-refractivity contribution < 1.29 is 9.53 Å². The predicted molar refractivity (Wildman–Crippen MR) is 72.0 cm³/mol. The summed E-state index contributed by atoms with van der Waals surface area (Å²) in [5, 5.41) is 11.9. The number of hydrogen-bond acceptors (Lipinski definition) is 4. The van der Waals surface area contributed by atoms with Crippen LogP contribution in [-0.4, -0.2) is 28.3 Å². The number of carbonyl (C=O) groups is 1. The number of halogens is 2. The van der Waals surface area contributed by atoms with E-state index in [1.807, 2.05) is 0 Å². The Morgan fingerprint density at radius 1 is 1.32 bits per heavy atom. The molecule has 9 heteroatoms. The van der Waals surface area contributed by atoms with E-state index >= 15 is 0 Å². The van der Waals surface area contributed by atoms with E-state index in [-0.39, 0.29) is 12.0 Å². The fraction of sp³-hybridized carbons (Fsp3) is 0.100. The van der Waals surface area contributed by atoms with Crippen LogP contribution in [-0.2, 0) is 0 Å². The number of methoxy groups -OCH3 is 1. The number of ether oxygens (including phenoxy) is 1. The maximum atomic E-state index is 11.6. The molecule has 7 nitrogen and oxygen atoms in total. The van der Waals surface area contributed by atoms with E-state index < -0.39 is 6.03 Å². The molecule has 0 aliphatic heterocycles. The number of amides is 2. The third kappa shape index (κ3) is 3.49. The number of anilines is 2. The molecule has 0 aliphatic carbocycles. The summed E-state index contributed by atoms with van der Waals surface area (Å²) < 4.78 is 4.77. The second-order valence-electron chi connectivity index (χ2n) is 3.38. The summed E-state index contributed by atoms with van der Waals surface area (Å²) in [4.78, 5) is 15.5. The third-order valence-corrected chi connectivity index (χ3v) is 2.80. The number of urea groups is 1. The lowest BCUT2D eigenvalue weighted by molar-refractivity contribution is 0.262. The molecule has 0 radical (unpaired) electrons. The van der Waals surface area contributed by atoms with Crippen LogP contribution in [0, 0.1) is 0 Å². The van der Waals surface area contributed by atoms with E-state index in [9.17, 15) is 4.79 Å².